The molecule has 2 aromatic rings. The Kier molecular flexibility index (Phi) is 4.07. The Morgan fingerprint density at radius 2 is 2.43 bits per heavy atom. The van der Waals surface area contributed by atoms with Crippen molar-refractivity contribution < 1.29 is 9.53 Å². The number of hydrogen-bond donors (Lipinski definition) is 1. The minimum absolute atomic E-state index is 0.0208. The maximum Gasteiger partial charge on any atom is 0.274 e. The number of ether oxygens (including phenoxy) is 1. The van der Waals surface area contributed by atoms with Crippen molar-refractivity contribution in [3.63, 3.8) is 0 Å². The highest BCUT2D eigenvalue weighted by Crippen LogP contribution is 2.26. The van der Waals surface area contributed by atoms with Gasteiger partial charge in [-0.25, -0.2) is 0 Å². The third-order valence-corrected chi connectivity index (χ3v) is 4.72. The highest BCUT2D eigenvalue weighted by molar-refractivity contribution is 7.15. The van der Waals surface area contributed by atoms with E-state index >= 15 is 0 Å². The molecule has 1 saturated heterocycles. The summed E-state index contributed by atoms with van der Waals surface area (Å²) in [5, 5.41) is 7.14. The number of nitrogens with one attached hydrogen (secondary N) is 1. The normalized spacial score (nSPS) is 19.0. The first-order valence-corrected chi connectivity index (χ1v) is 8.02. The minimum Gasteiger partial charge on any atom is -0.375 e. The zero-order chi connectivity index (χ0) is 14.8. The van der Waals surface area contributed by atoms with E-state index in [4.69, 9.17) is 4.74 Å². The molecule has 1 N–H and O–H groups in total. The lowest BCUT2D eigenvalue weighted by atomic mass is 10.2. The summed E-state index contributed by atoms with van der Waals surface area (Å²) < 4.78 is 5.60. The summed E-state index contributed by atoms with van der Waals surface area (Å²) in [6.07, 6.45) is 1.06. The predicted octanol–water partition coefficient (Wildman–Crippen LogP) is 2.70. The molecule has 3 heterocycles. The number of aromatic amines is 1. The van der Waals surface area contributed by atoms with Crippen molar-refractivity contribution in [3.05, 3.63) is 28.8 Å². The lowest BCUT2D eigenvalue weighted by molar-refractivity contribution is -0.0228. The number of thiophene rings is 1. The Labute approximate surface area is 127 Å². The number of hydrogen-bond acceptors (Lipinski definition) is 4. The topological polar surface area (TPSA) is 58.2 Å². The third kappa shape index (κ3) is 3.01. The van der Waals surface area contributed by atoms with Crippen LogP contribution in [0, 0.1) is 6.92 Å². The zero-order valence-electron chi connectivity index (χ0n) is 12.3. The smallest absolute Gasteiger partial charge is 0.274 e. The average molecular weight is 305 g/mol. The Balaban J connectivity index is 1.75. The standard InChI is InChI=1S/C15H19N3O2S/c1-3-11-9-18(6-7-20-11)15(19)13-8-12(16-17-13)14-5-4-10(2)21-14/h4-5,8,11H,3,6-7,9H2,1-2H3,(H,16,17)/t11-/m0/s1. The van der Waals surface area contributed by atoms with Gasteiger partial charge in [0.15, 0.2) is 5.69 Å². The lowest BCUT2D eigenvalue weighted by Crippen LogP contribution is -2.45. The van der Waals surface area contributed by atoms with Crippen LogP contribution in [0.1, 0.15) is 28.7 Å². The molecule has 0 aromatic carbocycles. The van der Waals surface area contributed by atoms with Crippen molar-refractivity contribution in [1.82, 2.24) is 15.1 Å². The monoisotopic (exact) mass is 305 g/mol. The second-order valence-electron chi connectivity index (χ2n) is 5.23. The maximum atomic E-state index is 12.5. The van der Waals surface area contributed by atoms with Gasteiger partial charge in [0.2, 0.25) is 0 Å². The SMILES string of the molecule is CC[C@H]1CN(C(=O)c2cc(-c3ccc(C)s3)[nH]n2)CCO1. The molecule has 21 heavy (non-hydrogen) atoms. The molecule has 1 amide bonds. The number of aromatic nitrogens is 2. The fourth-order valence-corrected chi connectivity index (χ4v) is 3.28. The number of nitrogens with zero attached hydrogens (tertiary/aromatic N) is 2. The molecule has 2 aromatic heterocycles. The molecule has 0 bridgehead atoms. The van der Waals surface area contributed by atoms with Crippen LogP contribution in [0.5, 0.6) is 0 Å². The minimum atomic E-state index is -0.0208. The maximum absolute atomic E-state index is 12.5. The summed E-state index contributed by atoms with van der Waals surface area (Å²) in [6, 6.07) is 5.95. The van der Waals surface area contributed by atoms with Crippen LogP contribution in [-0.2, 0) is 4.74 Å². The summed E-state index contributed by atoms with van der Waals surface area (Å²) in [5.74, 6) is -0.0208. The summed E-state index contributed by atoms with van der Waals surface area (Å²) in [7, 11) is 0. The van der Waals surface area contributed by atoms with Gasteiger partial charge in [0.25, 0.3) is 5.91 Å². The van der Waals surface area contributed by atoms with Gasteiger partial charge in [-0.1, -0.05) is 6.92 Å². The van der Waals surface area contributed by atoms with Gasteiger partial charge in [-0.15, -0.1) is 11.3 Å². The van der Waals surface area contributed by atoms with Crippen LogP contribution in [0.4, 0.5) is 0 Å². The van der Waals surface area contributed by atoms with Crippen molar-refractivity contribution in [1.29, 1.82) is 0 Å². The Morgan fingerprint density at radius 1 is 1.57 bits per heavy atom. The molecule has 0 radical (unpaired) electrons. The van der Waals surface area contributed by atoms with Gasteiger partial charge in [0.05, 0.1) is 23.3 Å². The van der Waals surface area contributed by atoms with E-state index < -0.39 is 0 Å². The van der Waals surface area contributed by atoms with Crippen LogP contribution in [0.15, 0.2) is 18.2 Å². The second-order valence-corrected chi connectivity index (χ2v) is 6.52. The van der Waals surface area contributed by atoms with E-state index in [-0.39, 0.29) is 12.0 Å². The van der Waals surface area contributed by atoms with Gasteiger partial charge in [0, 0.05) is 18.0 Å². The van der Waals surface area contributed by atoms with Gasteiger partial charge in [0.1, 0.15) is 0 Å². The van der Waals surface area contributed by atoms with Crippen LogP contribution in [0.3, 0.4) is 0 Å². The first-order valence-electron chi connectivity index (χ1n) is 7.20. The van der Waals surface area contributed by atoms with E-state index in [2.05, 4.69) is 30.1 Å². The largest absolute Gasteiger partial charge is 0.375 e. The van der Waals surface area contributed by atoms with E-state index in [1.807, 2.05) is 17.0 Å². The number of carbonyl (C=O) groups is 1. The summed E-state index contributed by atoms with van der Waals surface area (Å²) in [5.41, 5.74) is 1.38. The van der Waals surface area contributed by atoms with E-state index in [0.717, 1.165) is 17.0 Å². The molecule has 0 aliphatic carbocycles. The van der Waals surface area contributed by atoms with Gasteiger partial charge in [-0.05, 0) is 31.5 Å². The van der Waals surface area contributed by atoms with Crippen molar-refractivity contribution in [3.8, 4) is 10.6 Å². The quantitative estimate of drug-likeness (QED) is 0.948. The Hall–Kier alpha value is -1.66. The number of amides is 1. The van der Waals surface area contributed by atoms with Gasteiger partial charge >= 0.3 is 0 Å². The molecule has 3 rings (SSSR count). The molecule has 1 fully saturated rings. The summed E-state index contributed by atoms with van der Waals surface area (Å²) in [4.78, 5) is 16.7. The molecular weight excluding hydrogens is 286 g/mol. The fraction of sp³-hybridized carbons (Fsp3) is 0.467. The van der Waals surface area contributed by atoms with Gasteiger partial charge in [-0.2, -0.15) is 5.10 Å². The van der Waals surface area contributed by atoms with Gasteiger partial charge < -0.3 is 9.64 Å². The molecular formula is C15H19N3O2S. The average Bonchev–Trinajstić information content (AvgIpc) is 3.15. The number of rotatable bonds is 3. The van der Waals surface area contributed by atoms with E-state index in [9.17, 15) is 4.79 Å². The number of carbonyl (C=O) groups excluding carboxylic acids is 1. The lowest BCUT2D eigenvalue weighted by Gasteiger charge is -2.31. The van der Waals surface area contributed by atoms with E-state index in [0.29, 0.717) is 25.4 Å². The molecule has 112 valence electrons. The van der Waals surface area contributed by atoms with Crippen molar-refractivity contribution in [2.45, 2.75) is 26.4 Å². The number of H-pyrrole nitrogens is 1. The molecule has 1 aliphatic rings. The predicted molar refractivity (Wildman–Crippen MR) is 82.6 cm³/mol. The second kappa shape index (κ2) is 5.99. The highest BCUT2D eigenvalue weighted by atomic mass is 32.1. The molecule has 0 saturated carbocycles. The van der Waals surface area contributed by atoms with Gasteiger partial charge in [-0.3, -0.25) is 9.89 Å². The van der Waals surface area contributed by atoms with Crippen LogP contribution in [0.25, 0.3) is 10.6 Å². The fourth-order valence-electron chi connectivity index (χ4n) is 2.45. The molecule has 5 nitrogen and oxygen atoms in total. The number of aryl methyl sites for hydroxylation is 1. The van der Waals surface area contributed by atoms with E-state index in [1.54, 1.807) is 11.3 Å². The Bertz CT molecular complexity index is 634. The van der Waals surface area contributed by atoms with Crippen LogP contribution >= 0.6 is 11.3 Å². The zero-order valence-corrected chi connectivity index (χ0v) is 13.1. The van der Waals surface area contributed by atoms with E-state index in [1.165, 1.54) is 4.88 Å². The molecule has 6 heteroatoms. The summed E-state index contributed by atoms with van der Waals surface area (Å²) in [6.45, 7) is 6.02. The first-order chi connectivity index (χ1) is 10.2. The molecule has 1 atom stereocenters. The molecule has 0 unspecified atom stereocenters. The number of morpholine rings is 1. The van der Waals surface area contributed by atoms with Crippen LogP contribution in [0.2, 0.25) is 0 Å². The summed E-state index contributed by atoms with van der Waals surface area (Å²) >= 11 is 1.69. The highest BCUT2D eigenvalue weighted by Gasteiger charge is 2.25. The molecule has 1 aliphatic heterocycles. The van der Waals surface area contributed by atoms with Crippen molar-refractivity contribution in [2.75, 3.05) is 19.7 Å². The van der Waals surface area contributed by atoms with Crippen molar-refractivity contribution >= 4 is 17.2 Å². The first kappa shape index (κ1) is 14.3. The van der Waals surface area contributed by atoms with Crippen molar-refractivity contribution in [2.24, 2.45) is 0 Å². The van der Waals surface area contributed by atoms with Crippen LogP contribution < -0.4 is 0 Å². The molecule has 0 spiro atoms. The Morgan fingerprint density at radius 3 is 3.14 bits per heavy atom. The third-order valence-electron chi connectivity index (χ3n) is 3.68. The van der Waals surface area contributed by atoms with Crippen LogP contribution in [-0.4, -0.2) is 46.8 Å².